The van der Waals surface area contributed by atoms with Crippen molar-refractivity contribution < 1.29 is 19.7 Å². The maximum Gasteiger partial charge on any atom is 0.282 e. The van der Waals surface area contributed by atoms with Crippen LogP contribution in [0, 0.1) is 26.1 Å². The predicted octanol–water partition coefficient (Wildman–Crippen LogP) is 3.16. The molecule has 0 unspecified atom stereocenters. The molecule has 0 radical (unpaired) electrons. The maximum absolute atomic E-state index is 11.6. The molecule has 1 heterocycles. The molecule has 2 aliphatic rings. The number of nitrogens with one attached hydrogen (secondary N) is 1. The van der Waals surface area contributed by atoms with Crippen LogP contribution in [-0.2, 0) is 0 Å². The highest BCUT2D eigenvalue weighted by atomic mass is 35.5. The van der Waals surface area contributed by atoms with E-state index in [9.17, 15) is 30.1 Å². The number of aromatic carboxylic acids is 1. The summed E-state index contributed by atoms with van der Waals surface area (Å²) in [5.41, 5.74) is 0.0768. The van der Waals surface area contributed by atoms with Gasteiger partial charge in [0, 0.05) is 35.4 Å². The second-order valence-electron chi connectivity index (χ2n) is 7.19. The van der Waals surface area contributed by atoms with Crippen LogP contribution in [0.3, 0.4) is 0 Å². The number of alkyl halides is 1. The highest BCUT2D eigenvalue weighted by Crippen LogP contribution is 2.55. The highest BCUT2D eigenvalue weighted by molar-refractivity contribution is 8.00. The molecule has 1 fully saturated rings. The summed E-state index contributed by atoms with van der Waals surface area (Å²) in [6, 6.07) is 8.68. The number of carboxylic acids is 1. The minimum Gasteiger partial charge on any atom is -0.545 e. The number of nitrogens with zero attached hydrogens (tertiary/aromatic N) is 2. The number of nitro benzene ring substituents is 2. The van der Waals surface area contributed by atoms with Gasteiger partial charge in [-0.3, -0.25) is 20.2 Å². The molecule has 156 valence electrons. The van der Waals surface area contributed by atoms with Gasteiger partial charge in [-0.2, -0.15) is 0 Å². The van der Waals surface area contributed by atoms with Crippen LogP contribution < -0.4 is 10.4 Å². The van der Waals surface area contributed by atoms with E-state index in [2.05, 4.69) is 5.32 Å². The first-order chi connectivity index (χ1) is 14.3. The van der Waals surface area contributed by atoms with E-state index in [4.69, 9.17) is 11.6 Å². The van der Waals surface area contributed by atoms with Gasteiger partial charge in [-0.1, -0.05) is 12.1 Å². The molecule has 1 aliphatic carbocycles. The number of carbonyl (C=O) groups is 1. The monoisotopic (exact) mass is 448 g/mol. The van der Waals surface area contributed by atoms with Crippen LogP contribution in [-0.4, -0.2) is 33.0 Å². The van der Waals surface area contributed by atoms with Gasteiger partial charge < -0.3 is 15.2 Å². The number of halogens is 1. The summed E-state index contributed by atoms with van der Waals surface area (Å²) in [7, 11) is 0. The lowest BCUT2D eigenvalue weighted by molar-refractivity contribution is -0.387. The van der Waals surface area contributed by atoms with Crippen molar-refractivity contribution in [2.75, 3.05) is 11.9 Å². The van der Waals surface area contributed by atoms with Gasteiger partial charge in [0.15, 0.2) is 0 Å². The van der Waals surface area contributed by atoms with E-state index in [1.807, 2.05) is 0 Å². The van der Waals surface area contributed by atoms with Crippen LogP contribution in [0.5, 0.6) is 0 Å². The van der Waals surface area contributed by atoms with Gasteiger partial charge in [-0.25, -0.2) is 0 Å². The van der Waals surface area contributed by atoms with E-state index in [-0.39, 0.29) is 39.4 Å². The smallest absolute Gasteiger partial charge is 0.282 e. The van der Waals surface area contributed by atoms with Gasteiger partial charge in [-0.15, -0.1) is 23.4 Å². The summed E-state index contributed by atoms with van der Waals surface area (Å²) in [6.45, 7) is 0.399. The number of para-hydroxylation sites is 1. The fourth-order valence-corrected chi connectivity index (χ4v) is 6.33. The zero-order chi connectivity index (χ0) is 21.6. The number of anilines is 1. The minimum absolute atomic E-state index is 0.0232. The number of thioether (sulfide) groups is 1. The van der Waals surface area contributed by atoms with Crippen molar-refractivity contribution in [3.8, 4) is 0 Å². The van der Waals surface area contributed by atoms with Gasteiger partial charge in [0.05, 0.1) is 37.3 Å². The van der Waals surface area contributed by atoms with Crippen LogP contribution in [0.1, 0.15) is 28.3 Å². The van der Waals surface area contributed by atoms with E-state index >= 15 is 0 Å². The molecule has 1 saturated carbocycles. The van der Waals surface area contributed by atoms with Crippen LogP contribution in [0.4, 0.5) is 17.1 Å². The third-order valence-corrected chi connectivity index (χ3v) is 7.71. The molecule has 1 aliphatic heterocycles. The minimum atomic E-state index is -1.43. The fourth-order valence-electron chi connectivity index (χ4n) is 4.35. The van der Waals surface area contributed by atoms with Gasteiger partial charge in [0.1, 0.15) is 0 Å². The molecule has 0 amide bonds. The SMILES string of the molecule is O=C([O-])c1ccc([N+](=O)[O-])c2c1NC[C@@H]1C[C@@H](Sc3ccccc3[N+](=O)[O-])[C@@H](Cl)[C@@H]21. The molecule has 4 atom stereocenters. The van der Waals surface area contributed by atoms with Crippen molar-refractivity contribution in [3.05, 3.63) is 67.8 Å². The predicted molar refractivity (Wildman–Crippen MR) is 109 cm³/mol. The van der Waals surface area contributed by atoms with Gasteiger partial charge in [0.2, 0.25) is 0 Å². The van der Waals surface area contributed by atoms with Crippen molar-refractivity contribution >= 4 is 46.4 Å². The topological polar surface area (TPSA) is 138 Å². The van der Waals surface area contributed by atoms with E-state index in [1.54, 1.807) is 18.2 Å². The van der Waals surface area contributed by atoms with Crippen LogP contribution >= 0.6 is 23.4 Å². The molecule has 9 nitrogen and oxygen atoms in total. The Balaban J connectivity index is 1.73. The standard InChI is InChI=1S/C19H16ClN3O6S/c20-17-14(30-13-4-2-1-3-11(13)22(26)27)7-9-8-21-18-10(19(24)25)5-6-12(23(28)29)16(18)15(9)17/h1-6,9,14-15,17,21H,7-8H2,(H,24,25)/p-1/t9-,14+,15+,17+/m0/s1. The first-order valence-electron chi connectivity index (χ1n) is 9.10. The molecule has 30 heavy (non-hydrogen) atoms. The molecular formula is C19H15ClN3O6S-. The van der Waals surface area contributed by atoms with Crippen molar-refractivity contribution in [2.24, 2.45) is 5.92 Å². The quantitative estimate of drug-likeness (QED) is 0.418. The lowest BCUT2D eigenvalue weighted by Crippen LogP contribution is -2.32. The van der Waals surface area contributed by atoms with Gasteiger partial charge >= 0.3 is 0 Å². The Kier molecular flexibility index (Phi) is 5.29. The zero-order valence-corrected chi connectivity index (χ0v) is 16.9. The number of carboxylic acid groups (broad SMARTS) is 1. The molecule has 11 heteroatoms. The third kappa shape index (κ3) is 3.35. The zero-order valence-electron chi connectivity index (χ0n) is 15.3. The van der Waals surface area contributed by atoms with E-state index in [0.717, 1.165) is 6.07 Å². The summed E-state index contributed by atoms with van der Waals surface area (Å²) < 4.78 is 0. The lowest BCUT2D eigenvalue weighted by atomic mass is 9.82. The van der Waals surface area contributed by atoms with Crippen molar-refractivity contribution in [1.82, 2.24) is 0 Å². The van der Waals surface area contributed by atoms with Crippen molar-refractivity contribution in [3.63, 3.8) is 0 Å². The lowest BCUT2D eigenvalue weighted by Gasteiger charge is -2.32. The fraction of sp³-hybridized carbons (Fsp3) is 0.316. The van der Waals surface area contributed by atoms with Crippen molar-refractivity contribution in [2.45, 2.75) is 27.9 Å². The number of fused-ring (bicyclic) bond motifs is 3. The van der Waals surface area contributed by atoms with Gasteiger partial charge in [0.25, 0.3) is 11.4 Å². The molecule has 0 spiro atoms. The van der Waals surface area contributed by atoms with E-state index < -0.39 is 27.1 Å². The second kappa shape index (κ2) is 7.77. The van der Waals surface area contributed by atoms with Crippen LogP contribution in [0.25, 0.3) is 0 Å². The molecule has 1 N–H and O–H groups in total. The summed E-state index contributed by atoms with van der Waals surface area (Å²) in [5, 5.41) is 36.7. The molecule has 0 saturated heterocycles. The number of hydrogen-bond acceptors (Lipinski definition) is 8. The van der Waals surface area contributed by atoms with Crippen molar-refractivity contribution in [1.29, 1.82) is 0 Å². The average molecular weight is 449 g/mol. The first-order valence-corrected chi connectivity index (χ1v) is 10.4. The van der Waals surface area contributed by atoms with Crippen LogP contribution in [0.2, 0.25) is 0 Å². The number of nitro groups is 2. The Bertz CT molecular complexity index is 1060. The summed E-state index contributed by atoms with van der Waals surface area (Å²) in [4.78, 5) is 33.9. The Labute approximate surface area is 179 Å². The van der Waals surface area contributed by atoms with E-state index in [1.165, 1.54) is 23.9 Å². The molecule has 4 rings (SSSR count). The Morgan fingerprint density at radius 3 is 2.47 bits per heavy atom. The number of carbonyl (C=O) groups excluding carboxylic acids is 1. The molecular weight excluding hydrogens is 434 g/mol. The number of rotatable bonds is 5. The first kappa shape index (κ1) is 20.4. The number of hydrogen-bond donors (Lipinski definition) is 1. The summed E-state index contributed by atoms with van der Waals surface area (Å²) in [5.74, 6) is -1.96. The largest absolute Gasteiger partial charge is 0.545 e. The highest BCUT2D eigenvalue weighted by Gasteiger charge is 2.49. The Hall–Kier alpha value is -2.85. The molecule has 2 aromatic rings. The third-order valence-electron chi connectivity index (χ3n) is 5.59. The van der Waals surface area contributed by atoms with Gasteiger partial charge in [-0.05, 0) is 24.5 Å². The normalized spacial score (nSPS) is 24.4. The second-order valence-corrected chi connectivity index (χ2v) is 8.98. The molecule has 2 aromatic carbocycles. The van der Waals surface area contributed by atoms with E-state index in [0.29, 0.717) is 17.9 Å². The average Bonchev–Trinajstić information content (AvgIpc) is 3.02. The summed E-state index contributed by atoms with van der Waals surface area (Å²) in [6.07, 6.45) is 0.578. The summed E-state index contributed by atoms with van der Waals surface area (Å²) >= 11 is 8.05. The molecule has 0 aromatic heterocycles. The maximum atomic E-state index is 11.6. The van der Waals surface area contributed by atoms with Crippen LogP contribution in [0.15, 0.2) is 41.3 Å². The molecule has 0 bridgehead atoms. The number of benzene rings is 2. The Morgan fingerprint density at radius 1 is 1.10 bits per heavy atom. The Morgan fingerprint density at radius 2 is 1.80 bits per heavy atom.